The molecule has 2 aliphatic rings. The van der Waals surface area contributed by atoms with Gasteiger partial charge in [-0.3, -0.25) is 9.59 Å². The largest absolute Gasteiger partial charge is 0.441 e. The van der Waals surface area contributed by atoms with Gasteiger partial charge in [-0.1, -0.05) is 29.8 Å². The van der Waals surface area contributed by atoms with E-state index in [1.54, 1.807) is 18.2 Å². The number of hydrogen-bond acceptors (Lipinski definition) is 6. The highest BCUT2D eigenvalue weighted by Crippen LogP contribution is 2.34. The molecule has 2 amide bonds. The zero-order valence-corrected chi connectivity index (χ0v) is 20.6. The van der Waals surface area contributed by atoms with E-state index in [0.717, 1.165) is 25.1 Å². The van der Waals surface area contributed by atoms with E-state index in [-0.39, 0.29) is 6.42 Å². The van der Waals surface area contributed by atoms with E-state index < -0.39 is 23.4 Å². The molecule has 1 aliphatic heterocycles. The number of rotatable bonds is 7. The Kier molecular flexibility index (Phi) is 6.52. The number of nitriles is 1. The second-order valence-electron chi connectivity index (χ2n) is 9.46. The zero-order valence-electron chi connectivity index (χ0n) is 19.9. The number of amides is 2. The molecule has 0 saturated heterocycles. The third-order valence-corrected chi connectivity index (χ3v) is 6.86. The molecule has 184 valence electrons. The summed E-state index contributed by atoms with van der Waals surface area (Å²) in [5.74, 6) is -0.580. The number of carbonyl (C=O) groups is 2. The fourth-order valence-corrected chi connectivity index (χ4v) is 4.45. The molecule has 1 saturated carbocycles. The number of nitrogens with zero attached hydrogens (tertiary/aromatic N) is 3. The smallest absolute Gasteiger partial charge is 0.251 e. The third kappa shape index (κ3) is 5.27. The summed E-state index contributed by atoms with van der Waals surface area (Å²) in [6, 6.07) is 13.6. The van der Waals surface area contributed by atoms with Crippen molar-refractivity contribution in [1.29, 1.82) is 5.26 Å². The van der Waals surface area contributed by atoms with Crippen LogP contribution in [0.1, 0.15) is 41.1 Å². The van der Waals surface area contributed by atoms with Crippen molar-refractivity contribution in [2.24, 2.45) is 0 Å². The van der Waals surface area contributed by atoms with Gasteiger partial charge >= 0.3 is 0 Å². The van der Waals surface area contributed by atoms with Crippen molar-refractivity contribution in [1.82, 2.24) is 20.5 Å². The minimum Gasteiger partial charge on any atom is -0.441 e. The van der Waals surface area contributed by atoms with E-state index >= 15 is 0 Å². The average molecular weight is 504 g/mol. The van der Waals surface area contributed by atoms with E-state index in [9.17, 15) is 14.9 Å². The van der Waals surface area contributed by atoms with Gasteiger partial charge in [0, 0.05) is 23.7 Å². The molecule has 0 unspecified atom stereocenters. The number of carbonyl (C=O) groups excluding carboxylic acids is 2. The van der Waals surface area contributed by atoms with Crippen LogP contribution in [-0.2, 0) is 11.2 Å². The Balaban J connectivity index is 1.38. The number of halogens is 1. The summed E-state index contributed by atoms with van der Waals surface area (Å²) in [6.45, 7) is 1.90. The molecular formula is C27H26ClN5O3. The Morgan fingerprint density at radius 3 is 2.81 bits per heavy atom. The lowest BCUT2D eigenvalue weighted by atomic mass is 9.99. The summed E-state index contributed by atoms with van der Waals surface area (Å²) in [5, 5.41) is 15.4. The summed E-state index contributed by atoms with van der Waals surface area (Å²) in [7, 11) is 2.10. The van der Waals surface area contributed by atoms with Crippen LogP contribution in [-0.4, -0.2) is 53.4 Å². The number of benzene rings is 2. The van der Waals surface area contributed by atoms with E-state index in [0.29, 0.717) is 40.4 Å². The number of likely N-dealkylation sites (N-methyl/N-ethyl adjacent to an activating group) is 1. The van der Waals surface area contributed by atoms with Crippen LogP contribution in [0.2, 0.25) is 5.02 Å². The third-order valence-electron chi connectivity index (χ3n) is 6.63. The van der Waals surface area contributed by atoms with Crippen molar-refractivity contribution in [2.75, 3.05) is 20.1 Å². The van der Waals surface area contributed by atoms with Crippen molar-refractivity contribution in [3.63, 3.8) is 0 Å². The Morgan fingerprint density at radius 2 is 2.11 bits per heavy atom. The lowest BCUT2D eigenvalue weighted by Gasteiger charge is -2.21. The summed E-state index contributed by atoms with van der Waals surface area (Å²) < 4.78 is 6.01. The second kappa shape index (κ2) is 9.76. The zero-order chi connectivity index (χ0) is 25.3. The normalized spacial score (nSPS) is 17.6. The maximum atomic E-state index is 13.1. The first-order valence-corrected chi connectivity index (χ1v) is 12.3. The Morgan fingerprint density at radius 1 is 1.28 bits per heavy atom. The van der Waals surface area contributed by atoms with Crippen molar-refractivity contribution < 1.29 is 14.0 Å². The van der Waals surface area contributed by atoms with Gasteiger partial charge in [0.15, 0.2) is 11.5 Å². The molecule has 36 heavy (non-hydrogen) atoms. The molecular weight excluding hydrogens is 478 g/mol. The van der Waals surface area contributed by atoms with Crippen molar-refractivity contribution in [3.05, 3.63) is 70.6 Å². The molecule has 0 spiro atoms. The SMILES string of the molecule is CN1CC=C(c2ccc3nc(C[C@H](NC(=O)c4cccc(Cl)c4)C(=O)NC4(C#N)CC4)oc3c2)CC1. The highest BCUT2D eigenvalue weighted by atomic mass is 35.5. The number of oxazole rings is 1. The van der Waals surface area contributed by atoms with Gasteiger partial charge in [-0.25, -0.2) is 4.98 Å². The fraction of sp³-hybridized carbons (Fsp3) is 0.333. The highest BCUT2D eigenvalue weighted by Gasteiger charge is 2.46. The Hall–Kier alpha value is -3.67. The summed E-state index contributed by atoms with van der Waals surface area (Å²) >= 11 is 6.03. The van der Waals surface area contributed by atoms with Gasteiger partial charge in [0.1, 0.15) is 17.1 Å². The van der Waals surface area contributed by atoms with Crippen LogP contribution >= 0.6 is 11.6 Å². The van der Waals surface area contributed by atoms with E-state index in [2.05, 4.69) is 39.7 Å². The molecule has 9 heteroatoms. The van der Waals surface area contributed by atoms with E-state index in [1.807, 2.05) is 18.2 Å². The maximum Gasteiger partial charge on any atom is 0.251 e. The first-order chi connectivity index (χ1) is 17.3. The number of hydrogen-bond donors (Lipinski definition) is 2. The van der Waals surface area contributed by atoms with Gasteiger partial charge in [-0.15, -0.1) is 0 Å². The van der Waals surface area contributed by atoms with Crippen LogP contribution in [0.25, 0.3) is 16.7 Å². The standard InChI is InChI=1S/C27H26ClN5O3/c1-33-11-7-17(8-12-33)18-5-6-21-23(14-18)36-24(30-21)15-22(26(35)32-27(16-29)9-10-27)31-25(34)19-3-2-4-20(28)13-19/h2-7,13-14,22H,8-12,15H2,1H3,(H,31,34)(H,32,35)/t22-/m0/s1. The molecule has 1 aliphatic carbocycles. The summed E-state index contributed by atoms with van der Waals surface area (Å²) in [5.41, 5.74) is 3.12. The lowest BCUT2D eigenvalue weighted by molar-refractivity contribution is -0.123. The van der Waals surface area contributed by atoms with Crippen LogP contribution in [0.5, 0.6) is 0 Å². The quantitative estimate of drug-likeness (QED) is 0.508. The van der Waals surface area contributed by atoms with Gasteiger partial charge in [0.2, 0.25) is 5.91 Å². The van der Waals surface area contributed by atoms with Crippen molar-refractivity contribution >= 4 is 40.1 Å². The minimum atomic E-state index is -0.980. The average Bonchev–Trinajstić information content (AvgIpc) is 3.53. The second-order valence-corrected chi connectivity index (χ2v) is 9.89. The van der Waals surface area contributed by atoms with Gasteiger partial charge in [-0.2, -0.15) is 5.26 Å². The predicted molar refractivity (Wildman–Crippen MR) is 136 cm³/mol. The number of nitrogens with one attached hydrogen (secondary N) is 2. The van der Waals surface area contributed by atoms with Gasteiger partial charge < -0.3 is 20.0 Å². The molecule has 0 bridgehead atoms. The van der Waals surface area contributed by atoms with Crippen LogP contribution < -0.4 is 10.6 Å². The molecule has 2 heterocycles. The molecule has 1 atom stereocenters. The summed E-state index contributed by atoms with van der Waals surface area (Å²) in [6.07, 6.45) is 4.39. The van der Waals surface area contributed by atoms with E-state index in [1.165, 1.54) is 11.6 Å². The fourth-order valence-electron chi connectivity index (χ4n) is 4.26. The molecule has 1 aromatic heterocycles. The van der Waals surface area contributed by atoms with Crippen LogP contribution in [0.15, 0.2) is 53.0 Å². The van der Waals surface area contributed by atoms with Crippen LogP contribution in [0.4, 0.5) is 0 Å². The predicted octanol–water partition coefficient (Wildman–Crippen LogP) is 3.71. The molecule has 8 nitrogen and oxygen atoms in total. The van der Waals surface area contributed by atoms with E-state index in [4.69, 9.17) is 16.0 Å². The monoisotopic (exact) mass is 503 g/mol. The number of fused-ring (bicyclic) bond motifs is 1. The number of aromatic nitrogens is 1. The molecule has 5 rings (SSSR count). The van der Waals surface area contributed by atoms with Crippen molar-refractivity contribution in [2.45, 2.75) is 37.3 Å². The lowest BCUT2D eigenvalue weighted by Crippen LogP contribution is -2.51. The molecule has 0 radical (unpaired) electrons. The van der Waals surface area contributed by atoms with Gasteiger partial charge in [0.05, 0.1) is 12.5 Å². The molecule has 2 aromatic carbocycles. The van der Waals surface area contributed by atoms with Crippen molar-refractivity contribution in [3.8, 4) is 6.07 Å². The Bertz CT molecular complexity index is 1400. The minimum absolute atomic E-state index is 0.0388. The topological polar surface area (TPSA) is 111 Å². The molecule has 3 aromatic rings. The Labute approximate surface area is 213 Å². The molecule has 1 fully saturated rings. The summed E-state index contributed by atoms with van der Waals surface area (Å²) in [4.78, 5) is 32.8. The maximum absolute atomic E-state index is 13.1. The van der Waals surface area contributed by atoms with Crippen LogP contribution in [0, 0.1) is 11.3 Å². The van der Waals surface area contributed by atoms with Crippen LogP contribution in [0.3, 0.4) is 0 Å². The first-order valence-electron chi connectivity index (χ1n) is 11.9. The first kappa shape index (κ1) is 24.0. The van der Waals surface area contributed by atoms with Gasteiger partial charge in [0.25, 0.3) is 5.91 Å². The highest BCUT2D eigenvalue weighted by molar-refractivity contribution is 6.31. The van der Waals surface area contributed by atoms with Gasteiger partial charge in [-0.05, 0) is 67.8 Å². The molecule has 2 N–H and O–H groups in total.